The van der Waals surface area contributed by atoms with Gasteiger partial charge in [0.1, 0.15) is 0 Å². The van der Waals surface area contributed by atoms with Crippen molar-refractivity contribution in [3.63, 3.8) is 0 Å². The van der Waals surface area contributed by atoms with E-state index in [0.29, 0.717) is 13.1 Å². The van der Waals surface area contributed by atoms with E-state index < -0.39 is 10.0 Å². The largest absolute Gasteiger partial charge is 0.368 e. The first kappa shape index (κ1) is 21.8. The van der Waals surface area contributed by atoms with Crippen molar-refractivity contribution >= 4 is 21.6 Å². The molecule has 0 spiro atoms. The first-order chi connectivity index (χ1) is 14.9. The van der Waals surface area contributed by atoms with Gasteiger partial charge in [-0.05, 0) is 29.8 Å². The molecule has 0 aliphatic carbocycles. The number of benzene rings is 2. The lowest BCUT2D eigenvalue weighted by Crippen LogP contribution is -2.48. The predicted molar refractivity (Wildman–Crippen MR) is 123 cm³/mol. The minimum atomic E-state index is -3.11. The molecule has 0 unspecified atom stereocenters. The van der Waals surface area contributed by atoms with E-state index in [4.69, 9.17) is 0 Å². The Kier molecular flexibility index (Phi) is 6.60. The van der Waals surface area contributed by atoms with Crippen molar-refractivity contribution in [2.45, 2.75) is 6.54 Å². The fraction of sp³-hybridized carbons (Fsp3) is 0.435. The zero-order valence-electron chi connectivity index (χ0n) is 18.0. The molecule has 2 aliphatic rings. The van der Waals surface area contributed by atoms with Crippen molar-refractivity contribution in [1.29, 1.82) is 0 Å². The fourth-order valence-corrected chi connectivity index (χ4v) is 5.05. The summed E-state index contributed by atoms with van der Waals surface area (Å²) in [5, 5.41) is 0. The van der Waals surface area contributed by atoms with Crippen LogP contribution in [0.25, 0.3) is 0 Å². The molecule has 166 valence electrons. The molecule has 2 aliphatic heterocycles. The van der Waals surface area contributed by atoms with Crippen LogP contribution < -0.4 is 4.90 Å². The molecule has 1 amide bonds. The molecule has 7 nitrogen and oxygen atoms in total. The van der Waals surface area contributed by atoms with Gasteiger partial charge in [-0.2, -0.15) is 4.31 Å². The highest BCUT2D eigenvalue weighted by molar-refractivity contribution is 7.88. The van der Waals surface area contributed by atoms with Gasteiger partial charge in [0, 0.05) is 70.2 Å². The van der Waals surface area contributed by atoms with Crippen LogP contribution in [-0.2, 0) is 16.6 Å². The Hall–Kier alpha value is -2.42. The molecule has 2 aromatic rings. The Morgan fingerprint density at radius 3 is 2.00 bits per heavy atom. The number of rotatable bonds is 5. The van der Waals surface area contributed by atoms with Crippen LogP contribution in [0.5, 0.6) is 0 Å². The Balaban J connectivity index is 1.28. The Morgan fingerprint density at radius 1 is 0.806 bits per heavy atom. The van der Waals surface area contributed by atoms with Gasteiger partial charge in [-0.1, -0.05) is 30.3 Å². The van der Waals surface area contributed by atoms with Gasteiger partial charge in [0.05, 0.1) is 6.26 Å². The first-order valence-corrected chi connectivity index (χ1v) is 12.6. The molecule has 2 fully saturated rings. The lowest BCUT2D eigenvalue weighted by Gasteiger charge is -2.36. The summed E-state index contributed by atoms with van der Waals surface area (Å²) in [4.78, 5) is 19.4. The van der Waals surface area contributed by atoms with Gasteiger partial charge in [-0.15, -0.1) is 0 Å². The monoisotopic (exact) mass is 442 g/mol. The molecule has 8 heteroatoms. The summed E-state index contributed by atoms with van der Waals surface area (Å²) in [5.74, 6) is 0.0843. The average Bonchev–Trinajstić information content (AvgIpc) is 2.80. The van der Waals surface area contributed by atoms with Gasteiger partial charge >= 0.3 is 0 Å². The van der Waals surface area contributed by atoms with E-state index >= 15 is 0 Å². The van der Waals surface area contributed by atoms with Crippen LogP contribution in [0.15, 0.2) is 54.6 Å². The Labute approximate surface area is 184 Å². The first-order valence-electron chi connectivity index (χ1n) is 10.8. The van der Waals surface area contributed by atoms with E-state index in [0.717, 1.165) is 56.9 Å². The van der Waals surface area contributed by atoms with Crippen LogP contribution in [0, 0.1) is 0 Å². The van der Waals surface area contributed by atoms with Crippen molar-refractivity contribution in [3.8, 4) is 0 Å². The van der Waals surface area contributed by atoms with Gasteiger partial charge in [0.15, 0.2) is 0 Å². The molecule has 0 N–H and O–H groups in total. The molecule has 0 saturated carbocycles. The van der Waals surface area contributed by atoms with Crippen LogP contribution in [0.1, 0.15) is 15.9 Å². The number of nitrogens with zero attached hydrogens (tertiary/aromatic N) is 4. The Morgan fingerprint density at radius 2 is 1.42 bits per heavy atom. The van der Waals surface area contributed by atoms with E-state index in [2.05, 4.69) is 21.9 Å². The number of amides is 1. The van der Waals surface area contributed by atoms with Gasteiger partial charge < -0.3 is 9.80 Å². The molecule has 0 aromatic heterocycles. The smallest absolute Gasteiger partial charge is 0.253 e. The second-order valence-corrected chi connectivity index (χ2v) is 10.2. The molecule has 0 bridgehead atoms. The van der Waals surface area contributed by atoms with E-state index in [1.807, 2.05) is 47.4 Å². The van der Waals surface area contributed by atoms with Crippen LogP contribution in [0.2, 0.25) is 0 Å². The van der Waals surface area contributed by atoms with Crippen molar-refractivity contribution in [3.05, 3.63) is 65.7 Å². The fourth-order valence-electron chi connectivity index (χ4n) is 4.22. The molecule has 2 heterocycles. The van der Waals surface area contributed by atoms with Crippen LogP contribution in [0.3, 0.4) is 0 Å². The molecular formula is C23H30N4O3S. The summed E-state index contributed by atoms with van der Waals surface area (Å²) in [6.07, 6.45) is 1.26. The minimum absolute atomic E-state index is 0.0843. The summed E-state index contributed by atoms with van der Waals surface area (Å²) < 4.78 is 24.8. The molecule has 0 radical (unpaired) electrons. The summed E-state index contributed by atoms with van der Waals surface area (Å²) in [5.41, 5.74) is 3.06. The number of hydrogen-bond donors (Lipinski definition) is 0. The second-order valence-electron chi connectivity index (χ2n) is 8.25. The second kappa shape index (κ2) is 9.38. The highest BCUT2D eigenvalue weighted by atomic mass is 32.2. The van der Waals surface area contributed by atoms with E-state index in [-0.39, 0.29) is 5.91 Å². The third-order valence-electron chi connectivity index (χ3n) is 6.10. The highest BCUT2D eigenvalue weighted by Gasteiger charge is 2.24. The van der Waals surface area contributed by atoms with Crippen molar-refractivity contribution in [2.24, 2.45) is 0 Å². The van der Waals surface area contributed by atoms with Gasteiger partial charge in [0.2, 0.25) is 10.0 Å². The average molecular weight is 443 g/mol. The van der Waals surface area contributed by atoms with Gasteiger partial charge in [-0.25, -0.2) is 8.42 Å². The van der Waals surface area contributed by atoms with Crippen molar-refractivity contribution in [1.82, 2.24) is 14.1 Å². The molecule has 0 atom stereocenters. The van der Waals surface area contributed by atoms with E-state index in [1.54, 1.807) is 0 Å². The lowest BCUT2D eigenvalue weighted by atomic mass is 10.1. The number of carbonyl (C=O) groups is 1. The maximum Gasteiger partial charge on any atom is 0.253 e. The lowest BCUT2D eigenvalue weighted by molar-refractivity contribution is 0.0746. The normalized spacial score (nSPS) is 18.9. The maximum absolute atomic E-state index is 12.9. The molecule has 31 heavy (non-hydrogen) atoms. The maximum atomic E-state index is 12.9. The minimum Gasteiger partial charge on any atom is -0.368 e. The zero-order valence-corrected chi connectivity index (χ0v) is 18.8. The summed E-state index contributed by atoms with van der Waals surface area (Å²) >= 11 is 0. The van der Waals surface area contributed by atoms with E-state index in [9.17, 15) is 13.2 Å². The zero-order chi connectivity index (χ0) is 21.8. The van der Waals surface area contributed by atoms with Crippen LogP contribution in [-0.4, -0.2) is 87.0 Å². The molecule has 4 rings (SSSR count). The number of carbonyl (C=O) groups excluding carboxylic acids is 1. The van der Waals surface area contributed by atoms with Crippen molar-refractivity contribution < 1.29 is 13.2 Å². The Bertz CT molecular complexity index is 979. The quantitative estimate of drug-likeness (QED) is 0.706. The highest BCUT2D eigenvalue weighted by Crippen LogP contribution is 2.18. The van der Waals surface area contributed by atoms with Crippen molar-refractivity contribution in [2.75, 3.05) is 63.5 Å². The number of piperazine rings is 2. The number of anilines is 1. The van der Waals surface area contributed by atoms with Gasteiger partial charge in [-0.3, -0.25) is 9.69 Å². The van der Waals surface area contributed by atoms with Crippen LogP contribution >= 0.6 is 0 Å². The third-order valence-corrected chi connectivity index (χ3v) is 7.40. The number of hydrogen-bond acceptors (Lipinski definition) is 5. The summed E-state index contributed by atoms with van der Waals surface area (Å²) in [6.45, 7) is 6.40. The van der Waals surface area contributed by atoms with E-state index in [1.165, 1.54) is 16.2 Å². The summed E-state index contributed by atoms with van der Waals surface area (Å²) in [7, 11) is -3.11. The number of para-hydroxylation sites is 1. The topological polar surface area (TPSA) is 64.2 Å². The number of sulfonamides is 1. The molecule has 2 aromatic carbocycles. The SMILES string of the molecule is CS(=O)(=O)N1CCN(Cc2ccc(C(=O)N3CCN(c4ccccc4)CC3)cc2)CC1. The standard InChI is InChI=1S/C23H30N4O3S/c1-31(29,30)27-17-11-24(12-18-27)19-20-7-9-21(10-8-20)23(28)26-15-13-25(14-16-26)22-5-3-2-4-6-22/h2-10H,11-19H2,1H3. The summed E-state index contributed by atoms with van der Waals surface area (Å²) in [6, 6.07) is 18.2. The molecular weight excluding hydrogens is 412 g/mol. The third kappa shape index (κ3) is 5.44. The molecule has 2 saturated heterocycles. The van der Waals surface area contributed by atoms with Gasteiger partial charge in [0.25, 0.3) is 5.91 Å². The predicted octanol–water partition coefficient (Wildman–Crippen LogP) is 1.73. The van der Waals surface area contributed by atoms with Crippen LogP contribution in [0.4, 0.5) is 5.69 Å².